The Balaban J connectivity index is 1.69. The molecule has 0 N–H and O–H groups in total. The van der Waals surface area contributed by atoms with Gasteiger partial charge in [-0.25, -0.2) is 4.39 Å². The Kier molecular flexibility index (Phi) is 4.49. The van der Waals surface area contributed by atoms with Gasteiger partial charge in [-0.15, -0.1) is 0 Å². The monoisotopic (exact) mass is 318 g/mol. The van der Waals surface area contributed by atoms with Gasteiger partial charge in [0.2, 0.25) is 0 Å². The fraction of sp³-hybridized carbons (Fsp3) is 0.733. The van der Waals surface area contributed by atoms with Crippen LogP contribution in [0.15, 0.2) is 16.7 Å². The van der Waals surface area contributed by atoms with Crippen molar-refractivity contribution in [1.29, 1.82) is 0 Å². The molecule has 0 radical (unpaired) electrons. The highest BCUT2D eigenvalue weighted by molar-refractivity contribution is 5.06. The minimum atomic E-state index is -1.31. The Bertz CT molecular complexity index is 508. The van der Waals surface area contributed by atoms with Crippen molar-refractivity contribution in [3.05, 3.63) is 23.9 Å². The van der Waals surface area contributed by atoms with Gasteiger partial charge in [-0.3, -0.25) is 0 Å². The molecule has 1 aromatic rings. The van der Waals surface area contributed by atoms with Crippen LogP contribution in [0.2, 0.25) is 0 Å². The first-order valence-corrected chi connectivity index (χ1v) is 7.47. The lowest BCUT2D eigenvalue weighted by Gasteiger charge is -2.26. The van der Waals surface area contributed by atoms with Crippen LogP contribution in [-0.2, 0) is 25.6 Å². The van der Waals surface area contributed by atoms with Crippen molar-refractivity contribution in [1.82, 2.24) is 0 Å². The van der Waals surface area contributed by atoms with Crippen LogP contribution in [0.5, 0.6) is 0 Å². The Hall–Kier alpha value is -1.02. The molecule has 2 aliphatic rings. The fourth-order valence-corrected chi connectivity index (χ4v) is 2.86. The van der Waals surface area contributed by atoms with Gasteiger partial charge < -0.3 is 23.4 Å². The molecule has 124 valence electrons. The van der Waals surface area contributed by atoms with Gasteiger partial charge in [0.15, 0.2) is 12.1 Å². The maximum Gasteiger partial charge on any atom is 0.283 e. The van der Waals surface area contributed by atoms with Gasteiger partial charge >= 0.3 is 0 Å². The summed E-state index contributed by atoms with van der Waals surface area (Å²) in [5.74, 6) is -1.31. The SMILES string of the molecule is CCC[C@H]1O[C@@H]2OC(C)(CF)O[C@@H]2[C@H]1OCc1ccoc1F. The number of rotatable bonds is 6. The second-order valence-electron chi connectivity index (χ2n) is 5.79. The van der Waals surface area contributed by atoms with E-state index < -0.39 is 37.0 Å². The van der Waals surface area contributed by atoms with Crippen molar-refractivity contribution in [2.75, 3.05) is 6.67 Å². The molecule has 1 unspecified atom stereocenters. The second-order valence-corrected chi connectivity index (χ2v) is 5.79. The highest BCUT2D eigenvalue weighted by atomic mass is 19.1. The molecule has 0 aliphatic carbocycles. The summed E-state index contributed by atoms with van der Waals surface area (Å²) in [6.45, 7) is 2.81. The lowest BCUT2D eigenvalue weighted by Crippen LogP contribution is -2.38. The van der Waals surface area contributed by atoms with Crippen LogP contribution >= 0.6 is 0 Å². The molecule has 5 nitrogen and oxygen atoms in total. The van der Waals surface area contributed by atoms with E-state index in [1.54, 1.807) is 0 Å². The van der Waals surface area contributed by atoms with Gasteiger partial charge in [0.25, 0.3) is 6.01 Å². The lowest BCUT2D eigenvalue weighted by molar-refractivity contribution is -0.234. The Morgan fingerprint density at radius 2 is 2.18 bits per heavy atom. The van der Waals surface area contributed by atoms with E-state index in [1.165, 1.54) is 19.3 Å². The molecule has 3 heterocycles. The van der Waals surface area contributed by atoms with E-state index in [0.717, 1.165) is 12.8 Å². The number of ether oxygens (including phenoxy) is 4. The summed E-state index contributed by atoms with van der Waals surface area (Å²) < 4.78 is 53.7. The third-order valence-electron chi connectivity index (χ3n) is 3.96. The highest BCUT2D eigenvalue weighted by Gasteiger charge is 2.56. The molecule has 2 saturated heterocycles. The smallest absolute Gasteiger partial charge is 0.283 e. The summed E-state index contributed by atoms with van der Waals surface area (Å²) in [5, 5.41) is 0. The molecular weight excluding hydrogens is 298 g/mol. The van der Waals surface area contributed by atoms with Crippen molar-refractivity contribution < 1.29 is 32.1 Å². The van der Waals surface area contributed by atoms with Gasteiger partial charge in [0.05, 0.1) is 24.5 Å². The predicted molar refractivity (Wildman–Crippen MR) is 71.2 cm³/mol. The average molecular weight is 318 g/mol. The number of furan rings is 1. The van der Waals surface area contributed by atoms with Crippen LogP contribution in [0.1, 0.15) is 32.3 Å². The average Bonchev–Trinajstić information content (AvgIpc) is 3.12. The zero-order valence-corrected chi connectivity index (χ0v) is 12.6. The summed E-state index contributed by atoms with van der Waals surface area (Å²) in [6, 6.07) is 0.842. The van der Waals surface area contributed by atoms with E-state index in [0.29, 0.717) is 5.56 Å². The normalized spacial score (nSPS) is 37.6. The third kappa shape index (κ3) is 2.90. The highest BCUT2D eigenvalue weighted by Crippen LogP contribution is 2.40. The van der Waals surface area contributed by atoms with Crippen LogP contribution in [0.4, 0.5) is 8.78 Å². The van der Waals surface area contributed by atoms with Crippen molar-refractivity contribution in [2.24, 2.45) is 0 Å². The van der Waals surface area contributed by atoms with Crippen molar-refractivity contribution in [3.8, 4) is 0 Å². The van der Waals surface area contributed by atoms with E-state index in [-0.39, 0.29) is 12.7 Å². The fourth-order valence-electron chi connectivity index (χ4n) is 2.86. The summed E-state index contributed by atoms with van der Waals surface area (Å²) in [4.78, 5) is 0. The largest absolute Gasteiger partial charge is 0.439 e. The van der Waals surface area contributed by atoms with E-state index in [9.17, 15) is 8.78 Å². The first-order chi connectivity index (χ1) is 10.6. The minimum absolute atomic E-state index is 0.0372. The molecule has 0 amide bonds. The molecule has 1 aromatic heterocycles. The van der Waals surface area contributed by atoms with Crippen LogP contribution in [-0.4, -0.2) is 37.1 Å². The van der Waals surface area contributed by atoms with E-state index in [4.69, 9.17) is 18.9 Å². The first-order valence-electron chi connectivity index (χ1n) is 7.47. The Labute approximate surface area is 127 Å². The Morgan fingerprint density at radius 3 is 2.82 bits per heavy atom. The Morgan fingerprint density at radius 1 is 1.36 bits per heavy atom. The maximum atomic E-state index is 13.3. The number of hydrogen-bond donors (Lipinski definition) is 0. The molecule has 0 saturated carbocycles. The van der Waals surface area contributed by atoms with Gasteiger partial charge in [-0.05, 0) is 19.4 Å². The van der Waals surface area contributed by atoms with E-state index in [1.807, 2.05) is 6.92 Å². The second kappa shape index (κ2) is 6.23. The standard InChI is InChI=1S/C15H20F2O5/c1-3-4-10-11(19-7-9-5-6-18-13(9)17)12-14(20-10)22-15(2,8-16)21-12/h5-6,10-12,14H,3-4,7-8H2,1-2H3/t10-,11+,12-,14-,15?/m1/s1. The molecule has 2 fully saturated rings. The molecule has 2 aliphatic heterocycles. The van der Waals surface area contributed by atoms with Gasteiger partial charge in [0.1, 0.15) is 18.9 Å². The van der Waals surface area contributed by atoms with E-state index >= 15 is 0 Å². The quantitative estimate of drug-likeness (QED) is 0.807. The molecule has 7 heteroatoms. The van der Waals surface area contributed by atoms with Crippen molar-refractivity contribution in [3.63, 3.8) is 0 Å². The molecule has 0 spiro atoms. The summed E-state index contributed by atoms with van der Waals surface area (Å²) >= 11 is 0. The first kappa shape index (κ1) is 15.9. The van der Waals surface area contributed by atoms with Crippen LogP contribution in [0.25, 0.3) is 0 Å². The minimum Gasteiger partial charge on any atom is -0.439 e. The van der Waals surface area contributed by atoms with Crippen LogP contribution in [0.3, 0.4) is 0 Å². The maximum absolute atomic E-state index is 13.3. The summed E-state index contributed by atoms with van der Waals surface area (Å²) in [5.41, 5.74) is 0.325. The third-order valence-corrected chi connectivity index (χ3v) is 3.96. The van der Waals surface area contributed by atoms with Crippen LogP contribution < -0.4 is 0 Å². The van der Waals surface area contributed by atoms with Gasteiger partial charge in [0, 0.05) is 0 Å². The number of hydrogen-bond acceptors (Lipinski definition) is 5. The number of fused-ring (bicyclic) bond motifs is 1. The molecule has 0 bridgehead atoms. The van der Waals surface area contributed by atoms with E-state index in [2.05, 4.69) is 4.42 Å². The summed E-state index contributed by atoms with van der Waals surface area (Å²) in [6.07, 6.45) is 1.08. The van der Waals surface area contributed by atoms with Crippen LogP contribution in [0, 0.1) is 6.01 Å². The topological polar surface area (TPSA) is 50.1 Å². The molecule has 5 atom stereocenters. The number of alkyl halides is 1. The zero-order valence-electron chi connectivity index (χ0n) is 12.6. The number of halogens is 2. The molecular formula is C15H20F2O5. The predicted octanol–water partition coefficient (Wildman–Crippen LogP) is 2.93. The van der Waals surface area contributed by atoms with Gasteiger partial charge in [-0.2, -0.15) is 4.39 Å². The van der Waals surface area contributed by atoms with Crippen molar-refractivity contribution >= 4 is 0 Å². The zero-order chi connectivity index (χ0) is 15.7. The molecule has 3 rings (SSSR count). The van der Waals surface area contributed by atoms with Gasteiger partial charge in [-0.1, -0.05) is 13.3 Å². The summed E-state index contributed by atoms with van der Waals surface area (Å²) in [7, 11) is 0. The lowest BCUT2D eigenvalue weighted by atomic mass is 10.1. The van der Waals surface area contributed by atoms with Crippen molar-refractivity contribution in [2.45, 2.75) is 63.7 Å². The molecule has 22 heavy (non-hydrogen) atoms. The molecule has 0 aromatic carbocycles.